The van der Waals surface area contributed by atoms with Crippen molar-refractivity contribution in [3.05, 3.63) is 64.3 Å². The molecule has 0 aliphatic carbocycles. The molecule has 1 aliphatic heterocycles. The van der Waals surface area contributed by atoms with Gasteiger partial charge in [0.05, 0.1) is 28.0 Å². The topological polar surface area (TPSA) is 46.1 Å². The van der Waals surface area contributed by atoms with Crippen molar-refractivity contribution in [1.82, 2.24) is 15.1 Å². The number of amides is 1. The maximum absolute atomic E-state index is 12.9. The molecule has 0 unspecified atom stereocenters. The fourth-order valence-electron chi connectivity index (χ4n) is 3.45. The molecule has 1 aromatic heterocycles. The Labute approximate surface area is 171 Å². The van der Waals surface area contributed by atoms with Gasteiger partial charge >= 0.3 is 0 Å². The fraction of sp³-hybridized carbons (Fsp3) is 0.250. The van der Waals surface area contributed by atoms with Crippen LogP contribution >= 0.6 is 35.0 Å². The SMILES string of the molecule is O=C(CSc1nncc2ccccc12)N1CCC[C@@H]1c1ccc(Cl)c(Cl)c1. The van der Waals surface area contributed by atoms with E-state index in [4.69, 9.17) is 23.2 Å². The number of carbonyl (C=O) groups excluding carboxylic acids is 1. The van der Waals surface area contributed by atoms with E-state index in [1.54, 1.807) is 12.3 Å². The molecule has 1 atom stereocenters. The van der Waals surface area contributed by atoms with Crippen LogP contribution in [0.5, 0.6) is 0 Å². The van der Waals surface area contributed by atoms with Crippen molar-refractivity contribution in [3.63, 3.8) is 0 Å². The summed E-state index contributed by atoms with van der Waals surface area (Å²) in [5.41, 5.74) is 1.03. The highest BCUT2D eigenvalue weighted by atomic mass is 35.5. The largest absolute Gasteiger partial charge is 0.335 e. The maximum atomic E-state index is 12.9. The number of aromatic nitrogens is 2. The van der Waals surface area contributed by atoms with Gasteiger partial charge in [-0.2, -0.15) is 5.10 Å². The molecule has 1 fully saturated rings. The molecule has 3 aromatic rings. The lowest BCUT2D eigenvalue weighted by molar-refractivity contribution is -0.129. The number of fused-ring (bicyclic) bond motifs is 1. The van der Waals surface area contributed by atoms with E-state index in [9.17, 15) is 4.79 Å². The van der Waals surface area contributed by atoms with Crippen molar-refractivity contribution >= 4 is 51.6 Å². The van der Waals surface area contributed by atoms with Crippen LogP contribution in [0.25, 0.3) is 10.8 Å². The molecule has 2 aromatic carbocycles. The van der Waals surface area contributed by atoms with Crippen molar-refractivity contribution in [2.24, 2.45) is 0 Å². The number of rotatable bonds is 4. The second-order valence-electron chi connectivity index (χ2n) is 6.44. The van der Waals surface area contributed by atoms with Crippen LogP contribution in [0.15, 0.2) is 53.7 Å². The average molecular weight is 418 g/mol. The zero-order valence-corrected chi connectivity index (χ0v) is 16.8. The molecule has 7 heteroatoms. The highest BCUT2D eigenvalue weighted by Crippen LogP contribution is 2.36. The minimum Gasteiger partial charge on any atom is -0.335 e. The van der Waals surface area contributed by atoms with Gasteiger partial charge in [-0.25, -0.2) is 0 Å². The van der Waals surface area contributed by atoms with Gasteiger partial charge < -0.3 is 4.90 Å². The highest BCUT2D eigenvalue weighted by molar-refractivity contribution is 8.00. The lowest BCUT2D eigenvalue weighted by atomic mass is 10.0. The van der Waals surface area contributed by atoms with Crippen molar-refractivity contribution in [1.29, 1.82) is 0 Å². The lowest BCUT2D eigenvalue weighted by Crippen LogP contribution is -2.32. The predicted molar refractivity (Wildman–Crippen MR) is 110 cm³/mol. The van der Waals surface area contributed by atoms with Crippen LogP contribution in [0.1, 0.15) is 24.4 Å². The molecule has 1 amide bonds. The van der Waals surface area contributed by atoms with Crippen LogP contribution < -0.4 is 0 Å². The smallest absolute Gasteiger partial charge is 0.233 e. The Bertz CT molecular complexity index is 993. The predicted octanol–water partition coefficient (Wildman–Crippen LogP) is 5.39. The summed E-state index contributed by atoms with van der Waals surface area (Å²) >= 11 is 13.6. The van der Waals surface area contributed by atoms with Crippen molar-refractivity contribution < 1.29 is 4.79 Å². The summed E-state index contributed by atoms with van der Waals surface area (Å²) < 4.78 is 0. The molecular formula is C20H17Cl2N3OS. The van der Waals surface area contributed by atoms with Gasteiger partial charge in [0.2, 0.25) is 5.91 Å². The summed E-state index contributed by atoms with van der Waals surface area (Å²) in [6.45, 7) is 0.755. The average Bonchev–Trinajstić information content (AvgIpc) is 3.18. The molecule has 1 aliphatic rings. The van der Waals surface area contributed by atoms with E-state index in [0.717, 1.165) is 40.7 Å². The molecule has 0 N–H and O–H groups in total. The van der Waals surface area contributed by atoms with E-state index < -0.39 is 0 Å². The van der Waals surface area contributed by atoms with Gasteiger partial charge in [-0.05, 0) is 30.5 Å². The standard InChI is InChI=1S/C20H17Cl2N3OS/c21-16-8-7-13(10-17(16)22)18-6-3-9-25(18)19(26)12-27-20-15-5-2-1-4-14(15)11-23-24-20/h1-2,4-5,7-8,10-11,18H,3,6,9,12H2/t18-/m1/s1. The Morgan fingerprint density at radius 1 is 1.19 bits per heavy atom. The fourth-order valence-corrected chi connectivity index (χ4v) is 4.63. The van der Waals surface area contributed by atoms with Crippen LogP contribution in [0.2, 0.25) is 10.0 Å². The summed E-state index contributed by atoms with van der Waals surface area (Å²) in [6.07, 6.45) is 3.65. The monoisotopic (exact) mass is 417 g/mol. The number of carbonyl (C=O) groups is 1. The first-order chi connectivity index (χ1) is 13.1. The molecule has 1 saturated heterocycles. The number of hydrogen-bond acceptors (Lipinski definition) is 4. The quantitative estimate of drug-likeness (QED) is 0.533. The Balaban J connectivity index is 1.49. The third kappa shape index (κ3) is 3.91. The zero-order valence-electron chi connectivity index (χ0n) is 14.4. The van der Waals surface area contributed by atoms with E-state index >= 15 is 0 Å². The molecule has 0 radical (unpaired) electrons. The minimum atomic E-state index is 0.0477. The Hall–Kier alpha value is -1.82. The second-order valence-corrected chi connectivity index (χ2v) is 8.22. The minimum absolute atomic E-state index is 0.0477. The first-order valence-corrected chi connectivity index (χ1v) is 10.5. The number of nitrogens with zero attached hydrogens (tertiary/aromatic N) is 3. The van der Waals surface area contributed by atoms with Gasteiger partial charge in [0.25, 0.3) is 0 Å². The van der Waals surface area contributed by atoms with Crippen molar-refractivity contribution in [3.8, 4) is 0 Å². The number of benzene rings is 2. The number of halogens is 2. The van der Waals surface area contributed by atoms with Gasteiger partial charge in [-0.3, -0.25) is 4.79 Å². The molecule has 0 bridgehead atoms. The van der Waals surface area contributed by atoms with E-state index in [1.807, 2.05) is 41.3 Å². The molecule has 4 nitrogen and oxygen atoms in total. The number of likely N-dealkylation sites (tertiary alicyclic amines) is 1. The molecule has 2 heterocycles. The first kappa shape index (κ1) is 18.5. The van der Waals surface area contributed by atoms with Crippen LogP contribution in [-0.2, 0) is 4.79 Å². The molecule has 0 saturated carbocycles. The second kappa shape index (κ2) is 8.05. The molecule has 0 spiro atoms. The van der Waals surface area contributed by atoms with E-state index in [-0.39, 0.29) is 11.9 Å². The van der Waals surface area contributed by atoms with Crippen LogP contribution in [-0.4, -0.2) is 33.3 Å². The highest BCUT2D eigenvalue weighted by Gasteiger charge is 2.30. The Morgan fingerprint density at radius 3 is 2.89 bits per heavy atom. The van der Waals surface area contributed by atoms with Gasteiger partial charge in [-0.15, -0.1) is 5.10 Å². The van der Waals surface area contributed by atoms with Crippen molar-refractivity contribution in [2.75, 3.05) is 12.3 Å². The van der Waals surface area contributed by atoms with Crippen LogP contribution in [0.3, 0.4) is 0 Å². The number of thioether (sulfide) groups is 1. The maximum Gasteiger partial charge on any atom is 0.233 e. The van der Waals surface area contributed by atoms with Crippen molar-refractivity contribution in [2.45, 2.75) is 23.9 Å². The van der Waals surface area contributed by atoms with E-state index in [1.165, 1.54) is 11.8 Å². The van der Waals surface area contributed by atoms with Gasteiger partial charge in [0.1, 0.15) is 5.03 Å². The summed E-state index contributed by atoms with van der Waals surface area (Å²) in [5.74, 6) is 0.434. The van der Waals surface area contributed by atoms with Crippen LogP contribution in [0, 0.1) is 0 Å². The van der Waals surface area contributed by atoms with E-state index in [0.29, 0.717) is 15.8 Å². The summed E-state index contributed by atoms with van der Waals surface area (Å²) in [4.78, 5) is 14.8. The van der Waals surface area contributed by atoms with Gasteiger partial charge in [0.15, 0.2) is 0 Å². The summed E-state index contributed by atoms with van der Waals surface area (Å²) in [5, 5.41) is 12.1. The number of hydrogen-bond donors (Lipinski definition) is 0. The first-order valence-electron chi connectivity index (χ1n) is 8.71. The summed E-state index contributed by atoms with van der Waals surface area (Å²) in [7, 11) is 0. The van der Waals surface area contributed by atoms with Gasteiger partial charge in [0, 0.05) is 17.3 Å². The molecule has 138 valence electrons. The third-order valence-electron chi connectivity index (χ3n) is 4.77. The van der Waals surface area contributed by atoms with Crippen LogP contribution in [0.4, 0.5) is 0 Å². The molecule has 27 heavy (non-hydrogen) atoms. The normalized spacial score (nSPS) is 16.8. The van der Waals surface area contributed by atoms with Gasteiger partial charge in [-0.1, -0.05) is 65.3 Å². The Kier molecular flexibility index (Phi) is 5.53. The Morgan fingerprint density at radius 2 is 2.04 bits per heavy atom. The molecular weight excluding hydrogens is 401 g/mol. The third-order valence-corrected chi connectivity index (χ3v) is 6.48. The van der Waals surface area contributed by atoms with E-state index in [2.05, 4.69) is 10.2 Å². The lowest BCUT2D eigenvalue weighted by Gasteiger charge is -2.25. The molecule has 4 rings (SSSR count). The zero-order chi connectivity index (χ0) is 18.8. The summed E-state index contributed by atoms with van der Waals surface area (Å²) in [6, 6.07) is 13.6.